The Morgan fingerprint density at radius 1 is 1.26 bits per heavy atom. The van der Waals surface area contributed by atoms with E-state index in [9.17, 15) is 4.79 Å². The average Bonchev–Trinajstić information content (AvgIpc) is 2.50. The highest BCUT2D eigenvalue weighted by atomic mass is 79.9. The quantitative estimate of drug-likeness (QED) is 0.627. The Morgan fingerprint density at radius 2 is 2.04 bits per heavy atom. The number of anilines is 1. The normalized spacial score (nSPS) is 10.8. The number of hydrogen-bond acceptors (Lipinski definition) is 2. The van der Waals surface area contributed by atoms with Crippen LogP contribution in [0.15, 0.2) is 46.9 Å². The second-order valence-corrected chi connectivity index (χ2v) is 6.32. The van der Waals surface area contributed by atoms with E-state index in [1.165, 1.54) is 6.08 Å². The standard InChI is InChI=1S/C17H14BrCl2NO2/c1-2-23-16-7-4-12(18)9-11(16)3-8-17(22)21-15-6-5-13(19)10-14(15)20/h3-10H,2H2,1H3,(H,21,22). The lowest BCUT2D eigenvalue weighted by atomic mass is 10.2. The third-order valence-electron chi connectivity index (χ3n) is 2.87. The molecule has 1 amide bonds. The lowest BCUT2D eigenvalue weighted by Crippen LogP contribution is -2.08. The first-order valence-corrected chi connectivity index (χ1v) is 8.41. The van der Waals surface area contributed by atoms with Crippen molar-refractivity contribution in [3.8, 4) is 5.75 Å². The van der Waals surface area contributed by atoms with Crippen molar-refractivity contribution in [3.05, 3.63) is 62.6 Å². The molecule has 120 valence electrons. The summed E-state index contributed by atoms with van der Waals surface area (Å²) in [6, 6.07) is 10.5. The van der Waals surface area contributed by atoms with Crippen LogP contribution < -0.4 is 10.1 Å². The van der Waals surface area contributed by atoms with Crippen LogP contribution in [0.25, 0.3) is 6.08 Å². The van der Waals surface area contributed by atoms with Crippen LogP contribution in [-0.2, 0) is 4.79 Å². The Hall–Kier alpha value is -1.49. The predicted octanol–water partition coefficient (Wildman–Crippen LogP) is 5.81. The van der Waals surface area contributed by atoms with Crippen molar-refractivity contribution in [3.63, 3.8) is 0 Å². The molecular weight excluding hydrogens is 401 g/mol. The van der Waals surface area contributed by atoms with Crippen molar-refractivity contribution in [2.75, 3.05) is 11.9 Å². The van der Waals surface area contributed by atoms with Gasteiger partial charge in [-0.05, 0) is 49.4 Å². The molecule has 3 nitrogen and oxygen atoms in total. The van der Waals surface area contributed by atoms with E-state index in [1.807, 2.05) is 25.1 Å². The fourth-order valence-corrected chi connectivity index (χ4v) is 2.70. The zero-order chi connectivity index (χ0) is 16.8. The molecule has 0 spiro atoms. The predicted molar refractivity (Wildman–Crippen MR) is 99.4 cm³/mol. The molecule has 6 heteroatoms. The third kappa shape index (κ3) is 5.27. The van der Waals surface area contributed by atoms with Gasteiger partial charge >= 0.3 is 0 Å². The summed E-state index contributed by atoms with van der Waals surface area (Å²) in [4.78, 5) is 12.0. The zero-order valence-electron chi connectivity index (χ0n) is 12.3. The molecule has 0 aliphatic heterocycles. The summed E-state index contributed by atoms with van der Waals surface area (Å²) in [6.45, 7) is 2.46. The third-order valence-corrected chi connectivity index (χ3v) is 3.92. The van der Waals surface area contributed by atoms with Gasteiger partial charge in [-0.15, -0.1) is 0 Å². The van der Waals surface area contributed by atoms with Crippen LogP contribution in [0.4, 0.5) is 5.69 Å². The van der Waals surface area contributed by atoms with E-state index in [-0.39, 0.29) is 5.91 Å². The number of ether oxygens (including phenoxy) is 1. The molecule has 0 radical (unpaired) electrons. The fraction of sp³-hybridized carbons (Fsp3) is 0.118. The number of benzene rings is 2. The van der Waals surface area contributed by atoms with Crippen molar-refractivity contribution >= 4 is 56.8 Å². The number of carbonyl (C=O) groups is 1. The molecule has 0 aliphatic rings. The van der Waals surface area contributed by atoms with Crippen LogP contribution in [-0.4, -0.2) is 12.5 Å². The Kier molecular flexibility index (Phi) is 6.51. The van der Waals surface area contributed by atoms with Crippen molar-refractivity contribution < 1.29 is 9.53 Å². The molecule has 2 aromatic rings. The smallest absolute Gasteiger partial charge is 0.248 e. The first kappa shape index (κ1) is 17.9. The van der Waals surface area contributed by atoms with Gasteiger partial charge in [0.05, 0.1) is 17.3 Å². The Labute approximate surface area is 153 Å². The SMILES string of the molecule is CCOc1ccc(Br)cc1C=CC(=O)Nc1ccc(Cl)cc1Cl. The summed E-state index contributed by atoms with van der Waals surface area (Å²) in [7, 11) is 0. The summed E-state index contributed by atoms with van der Waals surface area (Å²) in [6.07, 6.45) is 3.12. The molecule has 0 bridgehead atoms. The van der Waals surface area contributed by atoms with Gasteiger partial charge in [0.15, 0.2) is 0 Å². The highest BCUT2D eigenvalue weighted by molar-refractivity contribution is 9.10. The molecule has 0 aromatic heterocycles. The van der Waals surface area contributed by atoms with Gasteiger partial charge in [-0.1, -0.05) is 39.1 Å². The van der Waals surface area contributed by atoms with E-state index < -0.39 is 0 Å². The van der Waals surface area contributed by atoms with E-state index >= 15 is 0 Å². The molecule has 0 saturated carbocycles. The molecule has 1 N–H and O–H groups in total. The highest BCUT2D eigenvalue weighted by Crippen LogP contribution is 2.26. The van der Waals surface area contributed by atoms with Gasteiger partial charge in [0.1, 0.15) is 5.75 Å². The minimum atomic E-state index is -0.295. The van der Waals surface area contributed by atoms with Crippen LogP contribution in [0, 0.1) is 0 Å². The summed E-state index contributed by atoms with van der Waals surface area (Å²) in [5.74, 6) is 0.418. The lowest BCUT2D eigenvalue weighted by molar-refractivity contribution is -0.111. The van der Waals surface area contributed by atoms with Crippen LogP contribution in [0.3, 0.4) is 0 Å². The van der Waals surface area contributed by atoms with Gasteiger partial charge in [-0.3, -0.25) is 4.79 Å². The van der Waals surface area contributed by atoms with Crippen molar-refractivity contribution in [2.45, 2.75) is 6.92 Å². The second-order valence-electron chi connectivity index (χ2n) is 4.56. The van der Waals surface area contributed by atoms with Gasteiger partial charge in [-0.2, -0.15) is 0 Å². The number of amides is 1. The second kappa shape index (κ2) is 8.39. The fourth-order valence-electron chi connectivity index (χ4n) is 1.87. The first-order valence-electron chi connectivity index (χ1n) is 6.86. The maximum Gasteiger partial charge on any atom is 0.248 e. The number of carbonyl (C=O) groups excluding carboxylic acids is 1. The van der Waals surface area contributed by atoms with Crippen LogP contribution in [0.1, 0.15) is 12.5 Å². The molecular formula is C17H14BrCl2NO2. The average molecular weight is 415 g/mol. The number of rotatable bonds is 5. The molecule has 0 fully saturated rings. The van der Waals surface area contributed by atoms with Gasteiger partial charge in [-0.25, -0.2) is 0 Å². The molecule has 0 saturated heterocycles. The lowest BCUT2D eigenvalue weighted by Gasteiger charge is -2.08. The summed E-state index contributed by atoms with van der Waals surface area (Å²) in [5.41, 5.74) is 1.31. The maximum atomic E-state index is 12.0. The summed E-state index contributed by atoms with van der Waals surface area (Å²) < 4.78 is 6.44. The Morgan fingerprint density at radius 3 is 2.74 bits per heavy atom. The van der Waals surface area contributed by atoms with E-state index in [0.29, 0.717) is 28.1 Å². The van der Waals surface area contributed by atoms with E-state index in [4.69, 9.17) is 27.9 Å². The Balaban J connectivity index is 2.13. The molecule has 0 aliphatic carbocycles. The summed E-state index contributed by atoms with van der Waals surface area (Å²) >= 11 is 15.3. The highest BCUT2D eigenvalue weighted by Gasteiger charge is 2.05. The minimum absolute atomic E-state index is 0.295. The molecule has 23 heavy (non-hydrogen) atoms. The van der Waals surface area contributed by atoms with Gasteiger partial charge in [0, 0.05) is 21.1 Å². The largest absolute Gasteiger partial charge is 0.493 e. The summed E-state index contributed by atoms with van der Waals surface area (Å²) in [5, 5.41) is 3.60. The van der Waals surface area contributed by atoms with Crippen LogP contribution in [0.2, 0.25) is 10.0 Å². The van der Waals surface area contributed by atoms with Crippen LogP contribution in [0.5, 0.6) is 5.75 Å². The monoisotopic (exact) mass is 413 g/mol. The zero-order valence-corrected chi connectivity index (χ0v) is 15.4. The molecule has 0 atom stereocenters. The topological polar surface area (TPSA) is 38.3 Å². The first-order chi connectivity index (χ1) is 11.0. The molecule has 0 unspecified atom stereocenters. The number of nitrogens with one attached hydrogen (secondary N) is 1. The molecule has 2 aromatic carbocycles. The van der Waals surface area contributed by atoms with Crippen molar-refractivity contribution in [2.24, 2.45) is 0 Å². The molecule has 2 rings (SSSR count). The van der Waals surface area contributed by atoms with Crippen molar-refractivity contribution in [1.29, 1.82) is 0 Å². The van der Waals surface area contributed by atoms with E-state index in [0.717, 1.165) is 10.0 Å². The number of halogens is 3. The van der Waals surface area contributed by atoms with Crippen molar-refractivity contribution in [1.82, 2.24) is 0 Å². The van der Waals surface area contributed by atoms with Gasteiger partial charge in [0.2, 0.25) is 5.91 Å². The maximum absolute atomic E-state index is 12.0. The van der Waals surface area contributed by atoms with Gasteiger partial charge in [0.25, 0.3) is 0 Å². The Bertz CT molecular complexity index is 747. The van der Waals surface area contributed by atoms with Crippen LogP contribution >= 0.6 is 39.1 Å². The van der Waals surface area contributed by atoms with Gasteiger partial charge < -0.3 is 10.1 Å². The molecule has 0 heterocycles. The van der Waals surface area contributed by atoms with E-state index in [1.54, 1.807) is 24.3 Å². The van der Waals surface area contributed by atoms with E-state index in [2.05, 4.69) is 21.2 Å². The minimum Gasteiger partial charge on any atom is -0.493 e. The number of hydrogen-bond donors (Lipinski definition) is 1.